The molecule has 1 aromatic heterocycles. The second kappa shape index (κ2) is 2.30. The first-order chi connectivity index (χ1) is 5.70. The van der Waals surface area contributed by atoms with Crippen molar-refractivity contribution in [1.29, 1.82) is 0 Å². The van der Waals surface area contributed by atoms with Crippen LogP contribution in [0.25, 0.3) is 0 Å². The molecule has 0 saturated heterocycles. The number of nitrogens with one attached hydrogen (secondary N) is 2. The summed E-state index contributed by atoms with van der Waals surface area (Å²) in [6, 6.07) is 0. The number of aromatic amines is 1. The standard InChI is InChI=1S/C7H10N4O/c1-7(2-3-7)10-6(12)5-8-4-9-11-5/h4H,2-3H2,1H3,(H,10,12)(H,8,9,11). The first-order valence-corrected chi connectivity index (χ1v) is 3.87. The van der Waals surface area contributed by atoms with Crippen LogP contribution < -0.4 is 5.32 Å². The zero-order valence-corrected chi connectivity index (χ0v) is 6.79. The fraction of sp³-hybridized carbons (Fsp3) is 0.571. The largest absolute Gasteiger partial charge is 0.344 e. The van der Waals surface area contributed by atoms with Gasteiger partial charge in [-0.05, 0) is 19.8 Å². The lowest BCUT2D eigenvalue weighted by atomic mass is 10.3. The number of aromatic nitrogens is 3. The average molecular weight is 166 g/mol. The first-order valence-electron chi connectivity index (χ1n) is 3.87. The van der Waals surface area contributed by atoms with E-state index < -0.39 is 0 Å². The molecular weight excluding hydrogens is 156 g/mol. The second-order valence-corrected chi connectivity index (χ2v) is 3.35. The third-order valence-electron chi connectivity index (χ3n) is 2.05. The Morgan fingerprint density at radius 2 is 2.50 bits per heavy atom. The van der Waals surface area contributed by atoms with Crippen molar-refractivity contribution in [3.8, 4) is 0 Å². The highest BCUT2D eigenvalue weighted by molar-refractivity contribution is 5.91. The van der Waals surface area contributed by atoms with Crippen molar-refractivity contribution in [3.63, 3.8) is 0 Å². The molecule has 1 heterocycles. The van der Waals surface area contributed by atoms with Gasteiger partial charge in [0.05, 0.1) is 0 Å². The number of carbonyl (C=O) groups is 1. The predicted molar refractivity (Wildman–Crippen MR) is 41.5 cm³/mol. The minimum Gasteiger partial charge on any atom is -0.344 e. The van der Waals surface area contributed by atoms with Crippen molar-refractivity contribution in [2.24, 2.45) is 0 Å². The molecule has 0 atom stereocenters. The summed E-state index contributed by atoms with van der Waals surface area (Å²) in [6.45, 7) is 2.02. The van der Waals surface area contributed by atoms with Crippen LogP contribution in [0.5, 0.6) is 0 Å². The minimum atomic E-state index is -0.174. The van der Waals surface area contributed by atoms with Gasteiger partial charge >= 0.3 is 0 Å². The lowest BCUT2D eigenvalue weighted by molar-refractivity contribution is 0.0925. The van der Waals surface area contributed by atoms with E-state index in [9.17, 15) is 4.79 Å². The summed E-state index contributed by atoms with van der Waals surface area (Å²) in [5, 5.41) is 8.97. The predicted octanol–water partition coefficient (Wildman–Crippen LogP) is 0.0870. The van der Waals surface area contributed by atoms with Gasteiger partial charge in [-0.2, -0.15) is 5.10 Å². The van der Waals surface area contributed by atoms with E-state index in [1.807, 2.05) is 6.92 Å². The van der Waals surface area contributed by atoms with Crippen molar-refractivity contribution in [2.75, 3.05) is 0 Å². The smallest absolute Gasteiger partial charge is 0.289 e. The Balaban J connectivity index is 2.02. The van der Waals surface area contributed by atoms with E-state index in [4.69, 9.17) is 0 Å². The Bertz CT molecular complexity index is 288. The lowest BCUT2D eigenvalue weighted by Gasteiger charge is -2.08. The van der Waals surface area contributed by atoms with E-state index in [1.54, 1.807) is 0 Å². The van der Waals surface area contributed by atoms with Crippen LogP contribution in [-0.4, -0.2) is 26.6 Å². The summed E-state index contributed by atoms with van der Waals surface area (Å²) in [7, 11) is 0. The summed E-state index contributed by atoms with van der Waals surface area (Å²) in [5.41, 5.74) is 0.00384. The molecule has 5 heteroatoms. The quantitative estimate of drug-likeness (QED) is 0.654. The Morgan fingerprint density at radius 1 is 1.75 bits per heavy atom. The van der Waals surface area contributed by atoms with Crippen molar-refractivity contribution in [2.45, 2.75) is 25.3 Å². The molecule has 2 N–H and O–H groups in total. The van der Waals surface area contributed by atoms with E-state index in [2.05, 4.69) is 20.5 Å². The third-order valence-corrected chi connectivity index (χ3v) is 2.05. The highest BCUT2D eigenvalue weighted by Gasteiger charge is 2.39. The fourth-order valence-corrected chi connectivity index (χ4v) is 0.961. The molecule has 2 rings (SSSR count). The van der Waals surface area contributed by atoms with Crippen LogP contribution in [0, 0.1) is 0 Å². The molecule has 1 saturated carbocycles. The highest BCUT2D eigenvalue weighted by atomic mass is 16.2. The number of nitrogens with zero attached hydrogens (tertiary/aromatic N) is 2. The van der Waals surface area contributed by atoms with E-state index in [0.717, 1.165) is 12.8 Å². The van der Waals surface area contributed by atoms with Crippen LogP contribution in [-0.2, 0) is 0 Å². The van der Waals surface area contributed by atoms with Crippen LogP contribution >= 0.6 is 0 Å². The van der Waals surface area contributed by atoms with Crippen molar-refractivity contribution >= 4 is 5.91 Å². The van der Waals surface area contributed by atoms with Gasteiger partial charge in [0.2, 0.25) is 5.82 Å². The zero-order chi connectivity index (χ0) is 8.60. The van der Waals surface area contributed by atoms with Gasteiger partial charge in [-0.15, -0.1) is 0 Å². The summed E-state index contributed by atoms with van der Waals surface area (Å²) in [4.78, 5) is 15.1. The van der Waals surface area contributed by atoms with Gasteiger partial charge in [-0.25, -0.2) is 4.98 Å². The number of hydrogen-bond donors (Lipinski definition) is 2. The number of amides is 1. The maximum absolute atomic E-state index is 11.3. The molecule has 1 aliphatic carbocycles. The van der Waals surface area contributed by atoms with E-state index >= 15 is 0 Å². The van der Waals surface area contributed by atoms with Crippen LogP contribution in [0.15, 0.2) is 6.33 Å². The summed E-state index contributed by atoms with van der Waals surface area (Å²) in [6.07, 6.45) is 3.42. The maximum Gasteiger partial charge on any atom is 0.289 e. The summed E-state index contributed by atoms with van der Waals surface area (Å²) < 4.78 is 0. The monoisotopic (exact) mass is 166 g/mol. The Morgan fingerprint density at radius 3 is 3.00 bits per heavy atom. The van der Waals surface area contributed by atoms with Gasteiger partial charge < -0.3 is 5.32 Å². The van der Waals surface area contributed by atoms with Crippen molar-refractivity contribution < 1.29 is 4.79 Å². The SMILES string of the molecule is CC1(NC(=O)c2ncn[nH]2)CC1. The van der Waals surface area contributed by atoms with Gasteiger partial charge in [0.1, 0.15) is 6.33 Å². The molecule has 0 spiro atoms. The molecule has 0 aliphatic heterocycles. The van der Waals surface area contributed by atoms with E-state index in [0.29, 0.717) is 0 Å². The van der Waals surface area contributed by atoms with Crippen molar-refractivity contribution in [3.05, 3.63) is 12.2 Å². The number of rotatable bonds is 2. The van der Waals surface area contributed by atoms with Gasteiger partial charge in [0, 0.05) is 5.54 Å². The lowest BCUT2D eigenvalue weighted by Crippen LogP contribution is -2.34. The highest BCUT2D eigenvalue weighted by Crippen LogP contribution is 2.34. The second-order valence-electron chi connectivity index (χ2n) is 3.35. The molecule has 1 amide bonds. The average Bonchev–Trinajstić information content (AvgIpc) is 2.55. The minimum absolute atomic E-state index is 0.00384. The Hall–Kier alpha value is -1.39. The van der Waals surface area contributed by atoms with Crippen LogP contribution in [0.4, 0.5) is 0 Å². The summed E-state index contributed by atoms with van der Waals surface area (Å²) in [5.74, 6) is 0.107. The molecule has 0 aromatic carbocycles. The molecule has 0 unspecified atom stereocenters. The third kappa shape index (κ3) is 1.30. The Labute approximate surface area is 69.6 Å². The molecule has 1 fully saturated rings. The van der Waals surface area contributed by atoms with Crippen LogP contribution in [0.2, 0.25) is 0 Å². The molecule has 64 valence electrons. The number of H-pyrrole nitrogens is 1. The Kier molecular flexibility index (Phi) is 1.39. The number of hydrogen-bond acceptors (Lipinski definition) is 3. The van der Waals surface area contributed by atoms with Gasteiger partial charge in [0.25, 0.3) is 5.91 Å². The van der Waals surface area contributed by atoms with Gasteiger partial charge in [-0.3, -0.25) is 9.89 Å². The van der Waals surface area contributed by atoms with Gasteiger partial charge in [-0.1, -0.05) is 0 Å². The molecule has 12 heavy (non-hydrogen) atoms. The maximum atomic E-state index is 11.3. The van der Waals surface area contributed by atoms with Crippen LogP contribution in [0.1, 0.15) is 30.4 Å². The van der Waals surface area contributed by atoms with Crippen LogP contribution in [0.3, 0.4) is 0 Å². The zero-order valence-electron chi connectivity index (χ0n) is 6.79. The molecule has 5 nitrogen and oxygen atoms in total. The number of carbonyl (C=O) groups excluding carboxylic acids is 1. The first kappa shape index (κ1) is 7.27. The normalized spacial score (nSPS) is 18.8. The molecule has 0 radical (unpaired) electrons. The topological polar surface area (TPSA) is 70.7 Å². The fourth-order valence-electron chi connectivity index (χ4n) is 0.961. The van der Waals surface area contributed by atoms with E-state index in [1.165, 1.54) is 6.33 Å². The molecule has 0 bridgehead atoms. The molecular formula is C7H10N4O. The molecule has 1 aliphatic rings. The summed E-state index contributed by atoms with van der Waals surface area (Å²) >= 11 is 0. The van der Waals surface area contributed by atoms with Gasteiger partial charge in [0.15, 0.2) is 0 Å². The van der Waals surface area contributed by atoms with Crippen molar-refractivity contribution in [1.82, 2.24) is 20.5 Å². The molecule has 1 aromatic rings. The van der Waals surface area contributed by atoms with E-state index in [-0.39, 0.29) is 17.3 Å².